The molecule has 0 aliphatic rings. The highest BCUT2D eigenvalue weighted by atomic mass is 79.9. The van der Waals surface area contributed by atoms with Crippen LogP contribution in [0.4, 0.5) is 5.82 Å². The first-order valence-corrected chi connectivity index (χ1v) is 5.81. The van der Waals surface area contributed by atoms with Crippen molar-refractivity contribution in [3.8, 4) is 0 Å². The summed E-state index contributed by atoms with van der Waals surface area (Å²) in [7, 11) is 0. The summed E-state index contributed by atoms with van der Waals surface area (Å²) in [6.07, 6.45) is 0.823. The third-order valence-corrected chi connectivity index (χ3v) is 2.21. The van der Waals surface area contributed by atoms with Crippen LogP contribution in [-0.2, 0) is 6.42 Å². The van der Waals surface area contributed by atoms with E-state index in [9.17, 15) is 0 Å². The molecule has 1 N–H and O–H groups in total. The molecule has 1 heterocycles. The molecule has 3 nitrogen and oxygen atoms in total. The van der Waals surface area contributed by atoms with Gasteiger partial charge in [0.1, 0.15) is 16.2 Å². The van der Waals surface area contributed by atoms with Gasteiger partial charge >= 0.3 is 0 Å². The molecule has 5 heteroatoms. The average molecular weight is 321 g/mol. The molecule has 0 bridgehead atoms. The Morgan fingerprint density at radius 2 is 2.29 bits per heavy atom. The summed E-state index contributed by atoms with van der Waals surface area (Å²) in [5.41, 5.74) is 0. The van der Waals surface area contributed by atoms with E-state index in [0.29, 0.717) is 6.54 Å². The summed E-state index contributed by atoms with van der Waals surface area (Å²) >= 11 is 6.61. The van der Waals surface area contributed by atoms with E-state index in [1.165, 1.54) is 0 Å². The first-order chi connectivity index (χ1) is 6.61. The van der Waals surface area contributed by atoms with Gasteiger partial charge in [-0.05, 0) is 15.9 Å². The van der Waals surface area contributed by atoms with Gasteiger partial charge in [-0.2, -0.15) is 0 Å². The van der Waals surface area contributed by atoms with Crippen LogP contribution in [0.5, 0.6) is 0 Å². The minimum Gasteiger partial charge on any atom is -0.365 e. The number of halogens is 2. The minimum absolute atomic E-state index is 0.659. The zero-order valence-corrected chi connectivity index (χ0v) is 11.0. The van der Waals surface area contributed by atoms with Crippen molar-refractivity contribution in [3.63, 3.8) is 0 Å². The number of nitrogens with one attached hydrogen (secondary N) is 1. The number of aryl methyl sites for hydroxylation is 1. The van der Waals surface area contributed by atoms with Gasteiger partial charge in [0, 0.05) is 23.5 Å². The van der Waals surface area contributed by atoms with Gasteiger partial charge < -0.3 is 5.32 Å². The van der Waals surface area contributed by atoms with E-state index >= 15 is 0 Å². The van der Waals surface area contributed by atoms with Gasteiger partial charge in [-0.1, -0.05) is 29.4 Å². The largest absolute Gasteiger partial charge is 0.365 e. The van der Waals surface area contributed by atoms with Gasteiger partial charge in [0.15, 0.2) is 0 Å². The van der Waals surface area contributed by atoms with Gasteiger partial charge in [0.05, 0.1) is 0 Å². The number of hydrogen-bond donors (Lipinski definition) is 1. The fourth-order valence-electron chi connectivity index (χ4n) is 0.900. The fourth-order valence-corrected chi connectivity index (χ4v) is 1.46. The smallest absolute Gasteiger partial charge is 0.131 e. The maximum atomic E-state index is 4.31. The standard InChI is InChI=1S/C9H11Br2N3/c1-3-8-13-7(11)4-9(14-8)12-5-6(2)10/h4H,2-3,5H2,1H3,(H,12,13,14). The van der Waals surface area contributed by atoms with E-state index in [4.69, 9.17) is 0 Å². The molecule has 0 aromatic carbocycles. The van der Waals surface area contributed by atoms with Crippen molar-refractivity contribution >= 4 is 37.7 Å². The Labute approximate surface area is 100 Å². The lowest BCUT2D eigenvalue weighted by molar-refractivity contribution is 0.927. The molecule has 0 radical (unpaired) electrons. The van der Waals surface area contributed by atoms with Crippen LogP contribution in [-0.4, -0.2) is 16.5 Å². The van der Waals surface area contributed by atoms with E-state index in [-0.39, 0.29) is 0 Å². The van der Waals surface area contributed by atoms with Gasteiger partial charge in [0.2, 0.25) is 0 Å². The first kappa shape index (κ1) is 11.7. The molecule has 76 valence electrons. The molecule has 0 saturated carbocycles. The second-order valence-corrected chi connectivity index (χ2v) is 4.65. The predicted octanol–water partition coefficient (Wildman–Crippen LogP) is 3.12. The van der Waals surface area contributed by atoms with Crippen molar-refractivity contribution in [1.29, 1.82) is 0 Å². The molecule has 0 atom stereocenters. The Balaban J connectivity index is 2.76. The lowest BCUT2D eigenvalue weighted by Gasteiger charge is -2.05. The van der Waals surface area contributed by atoms with E-state index in [1.807, 2.05) is 13.0 Å². The van der Waals surface area contributed by atoms with Crippen molar-refractivity contribution in [2.24, 2.45) is 0 Å². The molecule has 0 amide bonds. The van der Waals surface area contributed by atoms with E-state index in [1.54, 1.807) is 0 Å². The minimum atomic E-state index is 0.659. The van der Waals surface area contributed by atoms with Crippen molar-refractivity contribution in [2.75, 3.05) is 11.9 Å². The summed E-state index contributed by atoms with van der Waals surface area (Å²) in [4.78, 5) is 8.52. The van der Waals surface area contributed by atoms with Crippen LogP contribution < -0.4 is 5.32 Å². The summed E-state index contributed by atoms with van der Waals surface area (Å²) in [5.74, 6) is 1.63. The molecule has 0 fully saturated rings. The van der Waals surface area contributed by atoms with Crippen LogP contribution in [0.2, 0.25) is 0 Å². The highest BCUT2D eigenvalue weighted by Gasteiger charge is 2.00. The Morgan fingerprint density at radius 1 is 1.57 bits per heavy atom. The maximum Gasteiger partial charge on any atom is 0.131 e. The Hall–Kier alpha value is -0.420. The van der Waals surface area contributed by atoms with E-state index in [0.717, 1.165) is 27.1 Å². The quantitative estimate of drug-likeness (QED) is 0.866. The molecule has 1 rings (SSSR count). The molecular formula is C9H11Br2N3. The van der Waals surface area contributed by atoms with Gasteiger partial charge in [-0.25, -0.2) is 9.97 Å². The van der Waals surface area contributed by atoms with Crippen LogP contribution in [0, 0.1) is 0 Å². The second-order valence-electron chi connectivity index (χ2n) is 2.72. The lowest BCUT2D eigenvalue weighted by Crippen LogP contribution is -2.05. The van der Waals surface area contributed by atoms with Crippen LogP contribution >= 0.6 is 31.9 Å². The Bertz CT molecular complexity index is 339. The van der Waals surface area contributed by atoms with Crippen LogP contribution in [0.1, 0.15) is 12.7 Å². The summed E-state index contributed by atoms with van der Waals surface area (Å²) in [6, 6.07) is 1.84. The van der Waals surface area contributed by atoms with Gasteiger partial charge in [-0.15, -0.1) is 0 Å². The zero-order valence-electron chi connectivity index (χ0n) is 7.85. The SMILES string of the molecule is C=C(Br)CNc1cc(Br)nc(CC)n1. The third kappa shape index (κ3) is 3.75. The molecule has 0 aliphatic carbocycles. The molecule has 1 aromatic heterocycles. The number of nitrogens with zero attached hydrogens (tertiary/aromatic N) is 2. The number of hydrogen-bond acceptors (Lipinski definition) is 3. The maximum absolute atomic E-state index is 4.31. The molecule has 0 saturated heterocycles. The molecule has 1 aromatic rings. The number of rotatable bonds is 4. The lowest BCUT2D eigenvalue weighted by atomic mass is 10.4. The van der Waals surface area contributed by atoms with Crippen molar-refractivity contribution in [2.45, 2.75) is 13.3 Å². The predicted molar refractivity (Wildman–Crippen MR) is 65.7 cm³/mol. The number of aromatic nitrogens is 2. The fraction of sp³-hybridized carbons (Fsp3) is 0.333. The number of anilines is 1. The highest BCUT2D eigenvalue weighted by molar-refractivity contribution is 9.11. The van der Waals surface area contributed by atoms with Crippen LogP contribution in [0.3, 0.4) is 0 Å². The summed E-state index contributed by atoms with van der Waals surface area (Å²) in [6.45, 7) is 6.42. The van der Waals surface area contributed by atoms with E-state index < -0.39 is 0 Å². The van der Waals surface area contributed by atoms with Crippen molar-refractivity contribution in [1.82, 2.24) is 9.97 Å². The summed E-state index contributed by atoms with van der Waals surface area (Å²) < 4.78 is 1.69. The normalized spacial score (nSPS) is 9.93. The monoisotopic (exact) mass is 319 g/mol. The molecule has 0 aliphatic heterocycles. The summed E-state index contributed by atoms with van der Waals surface area (Å²) in [5, 5.41) is 3.13. The van der Waals surface area contributed by atoms with Crippen molar-refractivity contribution in [3.05, 3.63) is 27.6 Å². The molecular weight excluding hydrogens is 310 g/mol. The van der Waals surface area contributed by atoms with Gasteiger partial charge in [0.25, 0.3) is 0 Å². The third-order valence-electron chi connectivity index (χ3n) is 1.52. The molecule has 14 heavy (non-hydrogen) atoms. The van der Waals surface area contributed by atoms with Crippen molar-refractivity contribution < 1.29 is 0 Å². The van der Waals surface area contributed by atoms with Gasteiger partial charge in [-0.3, -0.25) is 0 Å². The zero-order chi connectivity index (χ0) is 10.6. The topological polar surface area (TPSA) is 37.8 Å². The Kier molecular flexibility index (Phi) is 4.54. The molecule has 0 unspecified atom stereocenters. The average Bonchev–Trinajstić information content (AvgIpc) is 2.14. The van der Waals surface area contributed by atoms with Crippen LogP contribution in [0.25, 0.3) is 0 Å². The first-order valence-electron chi connectivity index (χ1n) is 4.22. The highest BCUT2D eigenvalue weighted by Crippen LogP contribution is 2.13. The second kappa shape index (κ2) is 5.46. The Morgan fingerprint density at radius 3 is 2.86 bits per heavy atom. The van der Waals surface area contributed by atoms with Crippen LogP contribution in [0.15, 0.2) is 21.7 Å². The van der Waals surface area contributed by atoms with E-state index in [2.05, 4.69) is 53.7 Å². The molecule has 0 spiro atoms.